The van der Waals surface area contributed by atoms with Gasteiger partial charge in [-0.3, -0.25) is 0 Å². The highest BCUT2D eigenvalue weighted by Crippen LogP contribution is 2.09. The lowest BCUT2D eigenvalue weighted by Gasteiger charge is -1.96. The molecule has 1 heterocycles. The first-order chi connectivity index (χ1) is 5.22. The fourth-order valence-corrected chi connectivity index (χ4v) is 1.02. The van der Waals surface area contributed by atoms with E-state index in [0.29, 0.717) is 5.92 Å². The van der Waals surface area contributed by atoms with Gasteiger partial charge in [0.2, 0.25) is 0 Å². The Kier molecular flexibility index (Phi) is 2.69. The Morgan fingerprint density at radius 2 is 2.27 bits per heavy atom. The summed E-state index contributed by atoms with van der Waals surface area (Å²) in [5.74, 6) is 1.66. The average molecular weight is 153 g/mol. The summed E-state index contributed by atoms with van der Waals surface area (Å²) in [6, 6.07) is 2.04. The van der Waals surface area contributed by atoms with Crippen LogP contribution in [0.25, 0.3) is 0 Å². The van der Waals surface area contributed by atoms with Crippen molar-refractivity contribution in [1.29, 1.82) is 0 Å². The summed E-state index contributed by atoms with van der Waals surface area (Å²) in [5.41, 5.74) is 1.06. The smallest absolute Gasteiger partial charge is 0.137 e. The first kappa shape index (κ1) is 8.31. The van der Waals surface area contributed by atoms with Crippen LogP contribution in [0.1, 0.15) is 32.2 Å². The maximum atomic E-state index is 5.12. The quantitative estimate of drug-likeness (QED) is 0.666. The van der Waals surface area contributed by atoms with Crippen LogP contribution in [-0.4, -0.2) is 5.16 Å². The van der Waals surface area contributed by atoms with Crippen LogP contribution >= 0.6 is 0 Å². The van der Waals surface area contributed by atoms with Crippen molar-refractivity contribution in [1.82, 2.24) is 5.16 Å². The molecule has 0 saturated heterocycles. The maximum absolute atomic E-state index is 5.12. The third-order valence-corrected chi connectivity index (χ3v) is 1.58. The molecule has 0 spiro atoms. The molecule has 0 bridgehead atoms. The summed E-state index contributed by atoms with van der Waals surface area (Å²) in [5, 5.41) is 3.91. The molecule has 0 atom stereocenters. The van der Waals surface area contributed by atoms with Gasteiger partial charge in [-0.2, -0.15) is 0 Å². The van der Waals surface area contributed by atoms with Crippen molar-refractivity contribution in [3.63, 3.8) is 0 Å². The summed E-state index contributed by atoms with van der Waals surface area (Å²) < 4.78 is 5.12. The van der Waals surface area contributed by atoms with Gasteiger partial charge in [0.05, 0.1) is 5.69 Å². The number of aromatic nitrogens is 1. The summed E-state index contributed by atoms with van der Waals surface area (Å²) in [6.07, 6.45) is 1.95. The second-order valence-corrected chi connectivity index (χ2v) is 3.24. The van der Waals surface area contributed by atoms with Gasteiger partial charge in [-0.1, -0.05) is 25.9 Å². The Morgan fingerprint density at radius 1 is 1.55 bits per heavy atom. The van der Waals surface area contributed by atoms with Gasteiger partial charge < -0.3 is 4.52 Å². The van der Waals surface area contributed by atoms with E-state index in [1.54, 1.807) is 0 Å². The van der Waals surface area contributed by atoms with E-state index >= 15 is 0 Å². The molecule has 62 valence electrons. The predicted molar refractivity (Wildman–Crippen MR) is 44.4 cm³/mol. The largest absolute Gasteiger partial charge is 0.361 e. The van der Waals surface area contributed by atoms with Crippen molar-refractivity contribution < 1.29 is 4.52 Å². The molecule has 0 saturated carbocycles. The third kappa shape index (κ3) is 2.37. The Bertz CT molecular complexity index is 215. The van der Waals surface area contributed by atoms with Crippen LogP contribution in [0.4, 0.5) is 0 Å². The zero-order valence-electron chi connectivity index (χ0n) is 7.42. The van der Waals surface area contributed by atoms with Crippen LogP contribution in [0.3, 0.4) is 0 Å². The van der Waals surface area contributed by atoms with E-state index in [1.807, 2.05) is 6.07 Å². The van der Waals surface area contributed by atoms with Gasteiger partial charge in [0.1, 0.15) is 5.76 Å². The number of hydrogen-bond acceptors (Lipinski definition) is 2. The van der Waals surface area contributed by atoms with Gasteiger partial charge in [0, 0.05) is 12.5 Å². The normalized spacial score (nSPS) is 10.9. The van der Waals surface area contributed by atoms with Crippen molar-refractivity contribution in [3.05, 3.63) is 17.5 Å². The van der Waals surface area contributed by atoms with E-state index in [4.69, 9.17) is 4.52 Å². The SMILES string of the molecule is CCc1cc(CC(C)C)on1. The van der Waals surface area contributed by atoms with Crippen LogP contribution in [-0.2, 0) is 12.8 Å². The molecule has 0 aliphatic heterocycles. The lowest BCUT2D eigenvalue weighted by Crippen LogP contribution is -1.90. The Balaban J connectivity index is 2.58. The lowest BCUT2D eigenvalue weighted by atomic mass is 10.1. The Morgan fingerprint density at radius 3 is 2.73 bits per heavy atom. The molecule has 1 aromatic rings. The number of nitrogens with zero attached hydrogens (tertiary/aromatic N) is 1. The van der Waals surface area contributed by atoms with Crippen molar-refractivity contribution >= 4 is 0 Å². The van der Waals surface area contributed by atoms with E-state index in [0.717, 1.165) is 24.3 Å². The van der Waals surface area contributed by atoms with Crippen molar-refractivity contribution in [3.8, 4) is 0 Å². The third-order valence-electron chi connectivity index (χ3n) is 1.58. The summed E-state index contributed by atoms with van der Waals surface area (Å²) in [4.78, 5) is 0. The van der Waals surface area contributed by atoms with E-state index in [-0.39, 0.29) is 0 Å². The second kappa shape index (κ2) is 3.56. The molecule has 0 aliphatic rings. The van der Waals surface area contributed by atoms with Gasteiger partial charge in [-0.05, 0) is 12.3 Å². The molecule has 1 rings (SSSR count). The summed E-state index contributed by atoms with van der Waals surface area (Å²) >= 11 is 0. The van der Waals surface area contributed by atoms with E-state index < -0.39 is 0 Å². The second-order valence-electron chi connectivity index (χ2n) is 3.24. The van der Waals surface area contributed by atoms with Crippen molar-refractivity contribution in [2.24, 2.45) is 5.92 Å². The molecule has 1 aromatic heterocycles. The molecule has 2 heteroatoms. The summed E-state index contributed by atoms with van der Waals surface area (Å²) in [7, 11) is 0. The van der Waals surface area contributed by atoms with Crippen LogP contribution in [0.2, 0.25) is 0 Å². The number of rotatable bonds is 3. The molecule has 2 nitrogen and oxygen atoms in total. The van der Waals surface area contributed by atoms with Crippen molar-refractivity contribution in [2.45, 2.75) is 33.6 Å². The summed E-state index contributed by atoms with van der Waals surface area (Å²) in [6.45, 7) is 6.43. The minimum Gasteiger partial charge on any atom is -0.361 e. The molecule has 11 heavy (non-hydrogen) atoms. The van der Waals surface area contributed by atoms with Gasteiger partial charge in [0.25, 0.3) is 0 Å². The Labute approximate surface area is 67.6 Å². The molecule has 0 fully saturated rings. The molecular weight excluding hydrogens is 138 g/mol. The van der Waals surface area contributed by atoms with E-state index in [9.17, 15) is 0 Å². The predicted octanol–water partition coefficient (Wildman–Crippen LogP) is 2.44. The zero-order chi connectivity index (χ0) is 8.27. The van der Waals surface area contributed by atoms with Crippen LogP contribution < -0.4 is 0 Å². The first-order valence-corrected chi connectivity index (χ1v) is 4.16. The lowest BCUT2D eigenvalue weighted by molar-refractivity contribution is 0.364. The molecule has 0 radical (unpaired) electrons. The van der Waals surface area contributed by atoms with Gasteiger partial charge in [0.15, 0.2) is 0 Å². The van der Waals surface area contributed by atoms with E-state index in [2.05, 4.69) is 25.9 Å². The topological polar surface area (TPSA) is 26.0 Å². The van der Waals surface area contributed by atoms with Gasteiger partial charge in [-0.25, -0.2) is 0 Å². The molecule has 0 N–H and O–H groups in total. The number of aryl methyl sites for hydroxylation is 1. The monoisotopic (exact) mass is 153 g/mol. The van der Waals surface area contributed by atoms with Crippen molar-refractivity contribution in [2.75, 3.05) is 0 Å². The highest BCUT2D eigenvalue weighted by Gasteiger charge is 2.03. The molecule has 0 aliphatic carbocycles. The zero-order valence-corrected chi connectivity index (χ0v) is 7.42. The molecule has 0 amide bonds. The first-order valence-electron chi connectivity index (χ1n) is 4.16. The maximum Gasteiger partial charge on any atom is 0.137 e. The molecule has 0 unspecified atom stereocenters. The molecule has 0 aromatic carbocycles. The fraction of sp³-hybridized carbons (Fsp3) is 0.667. The van der Waals surface area contributed by atoms with Crippen LogP contribution in [0, 0.1) is 5.92 Å². The minimum atomic E-state index is 0.646. The van der Waals surface area contributed by atoms with Crippen LogP contribution in [0.5, 0.6) is 0 Å². The highest BCUT2D eigenvalue weighted by molar-refractivity contribution is 5.05. The van der Waals surface area contributed by atoms with E-state index in [1.165, 1.54) is 0 Å². The molecular formula is C9H15NO. The van der Waals surface area contributed by atoms with Crippen LogP contribution in [0.15, 0.2) is 10.6 Å². The Hall–Kier alpha value is -0.790. The average Bonchev–Trinajstić information content (AvgIpc) is 2.34. The number of hydrogen-bond donors (Lipinski definition) is 0. The highest BCUT2D eigenvalue weighted by atomic mass is 16.5. The standard InChI is InChI=1S/C9H15NO/c1-4-8-6-9(11-10-8)5-7(2)3/h6-7H,4-5H2,1-3H3. The minimum absolute atomic E-state index is 0.646. The van der Waals surface area contributed by atoms with Gasteiger partial charge >= 0.3 is 0 Å². The fourth-order valence-electron chi connectivity index (χ4n) is 1.02. The van der Waals surface area contributed by atoms with Gasteiger partial charge in [-0.15, -0.1) is 0 Å².